The fraction of sp³-hybridized carbons (Fsp3) is 0.480. The highest BCUT2D eigenvalue weighted by Crippen LogP contribution is 2.43. The molecule has 3 heterocycles. The second kappa shape index (κ2) is 8.90. The summed E-state index contributed by atoms with van der Waals surface area (Å²) in [7, 11) is 1.68. The summed E-state index contributed by atoms with van der Waals surface area (Å²) in [4.78, 5) is 17.5. The number of halogens is 1. The molecule has 2 saturated heterocycles. The maximum Gasteiger partial charge on any atom is 0.212 e. The zero-order valence-electron chi connectivity index (χ0n) is 18.4. The molecule has 3 aliphatic rings. The Kier molecular flexibility index (Phi) is 5.99. The van der Waals surface area contributed by atoms with Crippen molar-refractivity contribution in [3.8, 4) is 5.75 Å². The molecule has 0 saturated carbocycles. The van der Waals surface area contributed by atoms with Crippen LogP contribution < -0.4 is 4.74 Å². The second-order valence-electron chi connectivity index (χ2n) is 8.84. The number of ether oxygens (including phenoxy) is 3. The number of carbonyl (C=O) groups is 1. The monoisotopic (exact) mass is 440 g/mol. The van der Waals surface area contributed by atoms with Crippen LogP contribution in [0.15, 0.2) is 42.5 Å². The van der Waals surface area contributed by atoms with E-state index in [1.807, 2.05) is 12.1 Å². The van der Waals surface area contributed by atoms with Gasteiger partial charge in [-0.3, -0.25) is 14.6 Å². The zero-order chi connectivity index (χ0) is 22.1. The van der Waals surface area contributed by atoms with Gasteiger partial charge in [0.25, 0.3) is 0 Å². The summed E-state index contributed by atoms with van der Waals surface area (Å²) < 4.78 is 31.1. The average Bonchev–Trinajstić information content (AvgIpc) is 3.27. The Morgan fingerprint density at radius 1 is 1.09 bits per heavy atom. The normalized spacial score (nSPS) is 21.6. The van der Waals surface area contributed by atoms with Crippen molar-refractivity contribution >= 4 is 5.78 Å². The Hall–Kier alpha value is -2.32. The largest absolute Gasteiger partial charge is 0.496 e. The number of fused-ring (bicyclic) bond motifs is 2. The Labute approximate surface area is 187 Å². The number of nitrogens with zero attached hydrogens (tertiary/aromatic N) is 2. The Bertz CT molecular complexity index is 966. The minimum Gasteiger partial charge on any atom is -0.496 e. The number of hydrogen-bond donors (Lipinski definition) is 0. The molecule has 2 aromatic rings. The van der Waals surface area contributed by atoms with Crippen LogP contribution in [-0.4, -0.2) is 62.2 Å². The van der Waals surface area contributed by atoms with E-state index in [0.717, 1.165) is 50.5 Å². The first kappa shape index (κ1) is 21.5. The van der Waals surface area contributed by atoms with Crippen molar-refractivity contribution in [2.24, 2.45) is 5.92 Å². The number of piperidine rings is 1. The van der Waals surface area contributed by atoms with Gasteiger partial charge in [-0.25, -0.2) is 4.39 Å². The molecule has 170 valence electrons. The van der Waals surface area contributed by atoms with E-state index in [0.29, 0.717) is 25.3 Å². The van der Waals surface area contributed by atoms with Crippen LogP contribution in [0.25, 0.3) is 0 Å². The SMILES string of the molecule is COc1cccc2c1C1(CN(CN3CCC(C(=O)c4ccc(F)cc4)CC3)C2)OCCO1. The summed E-state index contributed by atoms with van der Waals surface area (Å²) in [5, 5.41) is 0. The summed E-state index contributed by atoms with van der Waals surface area (Å²) in [6.45, 7) is 5.10. The summed E-state index contributed by atoms with van der Waals surface area (Å²) in [6, 6.07) is 12.0. The molecular weight excluding hydrogens is 411 g/mol. The van der Waals surface area contributed by atoms with Crippen molar-refractivity contribution in [2.75, 3.05) is 46.6 Å². The van der Waals surface area contributed by atoms with E-state index in [4.69, 9.17) is 14.2 Å². The number of rotatable bonds is 5. The second-order valence-corrected chi connectivity index (χ2v) is 8.84. The van der Waals surface area contributed by atoms with Crippen LogP contribution >= 0.6 is 0 Å². The number of carbonyl (C=O) groups excluding carboxylic acids is 1. The first-order chi connectivity index (χ1) is 15.6. The highest BCUT2D eigenvalue weighted by molar-refractivity contribution is 5.97. The molecule has 2 fully saturated rings. The lowest BCUT2D eigenvalue weighted by atomic mass is 9.89. The molecule has 32 heavy (non-hydrogen) atoms. The van der Waals surface area contributed by atoms with E-state index >= 15 is 0 Å². The smallest absolute Gasteiger partial charge is 0.212 e. The molecule has 7 heteroatoms. The number of likely N-dealkylation sites (tertiary alicyclic amines) is 1. The standard InChI is InChI=1S/C25H29FN2O4/c1-30-22-4-2-3-20-15-28(16-25(23(20)22)31-13-14-32-25)17-27-11-9-19(10-12-27)24(29)18-5-7-21(26)8-6-18/h2-8,19H,9-17H2,1H3. The summed E-state index contributed by atoms with van der Waals surface area (Å²) in [5.41, 5.74) is 2.78. The number of hydrogen-bond acceptors (Lipinski definition) is 6. The predicted octanol–water partition coefficient (Wildman–Crippen LogP) is 3.40. The van der Waals surface area contributed by atoms with Gasteiger partial charge < -0.3 is 14.2 Å². The quantitative estimate of drug-likeness (QED) is 0.665. The summed E-state index contributed by atoms with van der Waals surface area (Å²) in [6.07, 6.45) is 1.62. The van der Waals surface area contributed by atoms with Gasteiger partial charge in [0.15, 0.2) is 5.78 Å². The summed E-state index contributed by atoms with van der Waals surface area (Å²) in [5.74, 6) is -0.169. The molecule has 0 N–H and O–H groups in total. The molecule has 6 nitrogen and oxygen atoms in total. The van der Waals surface area contributed by atoms with Crippen LogP contribution in [0.2, 0.25) is 0 Å². The van der Waals surface area contributed by atoms with Gasteiger partial charge in [0, 0.05) is 31.1 Å². The molecule has 1 spiro atoms. The predicted molar refractivity (Wildman–Crippen MR) is 117 cm³/mol. The molecule has 0 bridgehead atoms. The van der Waals surface area contributed by atoms with Crippen molar-refractivity contribution in [1.29, 1.82) is 0 Å². The highest BCUT2D eigenvalue weighted by Gasteiger charge is 2.47. The van der Waals surface area contributed by atoms with E-state index in [-0.39, 0.29) is 17.5 Å². The van der Waals surface area contributed by atoms with E-state index in [9.17, 15) is 9.18 Å². The third kappa shape index (κ3) is 4.06. The number of methoxy groups -OCH3 is 1. The van der Waals surface area contributed by atoms with Gasteiger partial charge in [0.2, 0.25) is 5.79 Å². The maximum atomic E-state index is 13.2. The number of benzene rings is 2. The van der Waals surface area contributed by atoms with Gasteiger partial charge in [0.05, 0.1) is 39.1 Å². The minimum absolute atomic E-state index is 0.00380. The van der Waals surface area contributed by atoms with Crippen LogP contribution in [0.5, 0.6) is 5.75 Å². The first-order valence-electron chi connectivity index (χ1n) is 11.3. The van der Waals surface area contributed by atoms with Gasteiger partial charge in [0.1, 0.15) is 11.6 Å². The molecule has 0 amide bonds. The van der Waals surface area contributed by atoms with E-state index in [2.05, 4.69) is 15.9 Å². The number of ketones is 1. The zero-order valence-corrected chi connectivity index (χ0v) is 18.4. The molecule has 0 aromatic heterocycles. The minimum atomic E-state index is -0.781. The van der Waals surface area contributed by atoms with Gasteiger partial charge in [-0.1, -0.05) is 12.1 Å². The first-order valence-corrected chi connectivity index (χ1v) is 11.3. The molecule has 3 aliphatic heterocycles. The molecule has 0 radical (unpaired) electrons. The third-order valence-electron chi connectivity index (χ3n) is 6.78. The van der Waals surface area contributed by atoms with Crippen molar-refractivity contribution in [3.63, 3.8) is 0 Å². The fourth-order valence-corrected chi connectivity index (χ4v) is 5.24. The van der Waals surface area contributed by atoms with Crippen molar-refractivity contribution in [1.82, 2.24) is 9.80 Å². The lowest BCUT2D eigenvalue weighted by molar-refractivity contribution is -0.192. The average molecular weight is 441 g/mol. The van der Waals surface area contributed by atoms with Crippen molar-refractivity contribution < 1.29 is 23.4 Å². The molecular formula is C25H29FN2O4. The Morgan fingerprint density at radius 2 is 1.81 bits per heavy atom. The van der Waals surface area contributed by atoms with Crippen LogP contribution in [-0.2, 0) is 21.8 Å². The third-order valence-corrected chi connectivity index (χ3v) is 6.78. The van der Waals surface area contributed by atoms with Crippen molar-refractivity contribution in [3.05, 3.63) is 65.0 Å². The van der Waals surface area contributed by atoms with Crippen LogP contribution in [0.4, 0.5) is 4.39 Å². The Morgan fingerprint density at radius 3 is 2.50 bits per heavy atom. The Balaban J connectivity index is 1.24. The fourth-order valence-electron chi connectivity index (χ4n) is 5.24. The topological polar surface area (TPSA) is 51.2 Å². The summed E-state index contributed by atoms with van der Waals surface area (Å²) >= 11 is 0. The van der Waals surface area contributed by atoms with Gasteiger partial charge in [-0.05, 0) is 48.7 Å². The van der Waals surface area contributed by atoms with Crippen LogP contribution in [0.1, 0.15) is 34.3 Å². The van der Waals surface area contributed by atoms with E-state index < -0.39 is 5.79 Å². The van der Waals surface area contributed by atoms with Gasteiger partial charge in [-0.15, -0.1) is 0 Å². The van der Waals surface area contributed by atoms with Crippen molar-refractivity contribution in [2.45, 2.75) is 25.2 Å². The van der Waals surface area contributed by atoms with Crippen LogP contribution in [0, 0.1) is 11.7 Å². The molecule has 0 unspecified atom stereocenters. The lowest BCUT2D eigenvalue weighted by Crippen LogP contribution is -2.51. The molecule has 0 atom stereocenters. The highest BCUT2D eigenvalue weighted by atomic mass is 19.1. The van der Waals surface area contributed by atoms with Gasteiger partial charge >= 0.3 is 0 Å². The van der Waals surface area contributed by atoms with E-state index in [1.165, 1.54) is 17.7 Å². The van der Waals surface area contributed by atoms with Crippen LogP contribution in [0.3, 0.4) is 0 Å². The molecule has 2 aromatic carbocycles. The molecule has 5 rings (SSSR count). The molecule has 0 aliphatic carbocycles. The van der Waals surface area contributed by atoms with E-state index in [1.54, 1.807) is 19.2 Å². The maximum absolute atomic E-state index is 13.2. The van der Waals surface area contributed by atoms with Gasteiger partial charge in [-0.2, -0.15) is 0 Å². The number of Topliss-reactive ketones (excluding diaryl/α,β-unsaturated/α-hetero) is 1. The lowest BCUT2D eigenvalue weighted by Gasteiger charge is -2.43.